The standard InChI is InChI=1S/C18H18O4/c19-13-11-17(21)5-1-3-15-7-9-16(10-8-15)4-2-6-18(22)12-14-20/h7-12H,1-6H2. The number of carbonyl (C=O) groups excluding carboxylic acids is 4. The van der Waals surface area contributed by atoms with Gasteiger partial charge >= 0.3 is 0 Å². The second-order valence-electron chi connectivity index (χ2n) is 4.98. The van der Waals surface area contributed by atoms with E-state index in [2.05, 4.69) is 0 Å². The van der Waals surface area contributed by atoms with Gasteiger partial charge in [-0.25, -0.2) is 9.59 Å². The van der Waals surface area contributed by atoms with Crippen molar-refractivity contribution in [1.29, 1.82) is 0 Å². The summed E-state index contributed by atoms with van der Waals surface area (Å²) >= 11 is 0. The first-order valence-corrected chi connectivity index (χ1v) is 7.21. The molecule has 22 heavy (non-hydrogen) atoms. The van der Waals surface area contributed by atoms with Crippen LogP contribution in [0.4, 0.5) is 0 Å². The molecule has 0 fully saturated rings. The van der Waals surface area contributed by atoms with Gasteiger partial charge in [0.05, 0.1) is 12.2 Å². The summed E-state index contributed by atoms with van der Waals surface area (Å²) in [7, 11) is 0. The van der Waals surface area contributed by atoms with Gasteiger partial charge in [-0.15, -0.1) is 0 Å². The number of aryl methyl sites for hydroxylation is 2. The molecule has 0 aliphatic heterocycles. The lowest BCUT2D eigenvalue weighted by Gasteiger charge is -2.03. The van der Waals surface area contributed by atoms with E-state index in [0.29, 0.717) is 25.7 Å². The number of hydrogen-bond donors (Lipinski definition) is 0. The average molecular weight is 298 g/mol. The van der Waals surface area contributed by atoms with Gasteiger partial charge in [0.25, 0.3) is 0 Å². The Balaban J connectivity index is 2.33. The Labute approximate surface area is 129 Å². The van der Waals surface area contributed by atoms with Crippen molar-refractivity contribution >= 4 is 23.4 Å². The molecular formula is C18H18O4. The predicted molar refractivity (Wildman–Crippen MR) is 82.9 cm³/mol. The topological polar surface area (TPSA) is 68.3 Å². The second-order valence-corrected chi connectivity index (χ2v) is 4.98. The molecule has 0 unspecified atom stereocenters. The number of allylic oxidation sites excluding steroid dienone is 2. The third-order valence-corrected chi connectivity index (χ3v) is 3.24. The van der Waals surface area contributed by atoms with Crippen LogP contribution in [0.2, 0.25) is 0 Å². The molecule has 0 aliphatic carbocycles. The van der Waals surface area contributed by atoms with E-state index in [1.807, 2.05) is 24.3 Å². The smallest absolute Gasteiger partial charge is 0.166 e. The highest BCUT2D eigenvalue weighted by molar-refractivity contribution is 5.96. The van der Waals surface area contributed by atoms with Gasteiger partial charge in [-0.05, 0) is 36.8 Å². The Morgan fingerprint density at radius 3 is 1.45 bits per heavy atom. The lowest BCUT2D eigenvalue weighted by atomic mass is 10.0. The molecule has 0 aliphatic rings. The molecule has 0 amide bonds. The Hall–Kier alpha value is -2.54. The van der Waals surface area contributed by atoms with Crippen LogP contribution in [0.1, 0.15) is 36.8 Å². The van der Waals surface area contributed by atoms with Crippen molar-refractivity contribution in [2.24, 2.45) is 0 Å². The first-order valence-electron chi connectivity index (χ1n) is 7.21. The Kier molecular flexibility index (Phi) is 8.14. The normalized spacial score (nSPS) is 9.45. The number of rotatable bonds is 10. The molecule has 0 radical (unpaired) electrons. The van der Waals surface area contributed by atoms with Gasteiger partial charge in [0.2, 0.25) is 0 Å². The van der Waals surface area contributed by atoms with Crippen LogP contribution < -0.4 is 0 Å². The maximum Gasteiger partial charge on any atom is 0.166 e. The fourth-order valence-corrected chi connectivity index (χ4v) is 2.08. The maximum atomic E-state index is 11.1. The molecule has 0 bridgehead atoms. The van der Waals surface area contributed by atoms with E-state index in [9.17, 15) is 19.2 Å². The minimum atomic E-state index is -0.194. The van der Waals surface area contributed by atoms with Crippen molar-refractivity contribution in [3.8, 4) is 0 Å². The minimum Gasteiger partial charge on any atom is -0.294 e. The van der Waals surface area contributed by atoms with Gasteiger partial charge in [0, 0.05) is 12.8 Å². The third-order valence-electron chi connectivity index (χ3n) is 3.24. The Bertz CT molecular complexity index is 545. The number of benzene rings is 1. The monoisotopic (exact) mass is 298 g/mol. The van der Waals surface area contributed by atoms with E-state index in [1.54, 1.807) is 0 Å². The number of carbonyl (C=O) groups is 2. The summed E-state index contributed by atoms with van der Waals surface area (Å²) in [5, 5.41) is 0. The summed E-state index contributed by atoms with van der Waals surface area (Å²) in [6.07, 6.45) is 5.52. The summed E-state index contributed by atoms with van der Waals surface area (Å²) < 4.78 is 0. The van der Waals surface area contributed by atoms with Crippen molar-refractivity contribution in [1.82, 2.24) is 0 Å². The van der Waals surface area contributed by atoms with Gasteiger partial charge in [-0.3, -0.25) is 9.59 Å². The van der Waals surface area contributed by atoms with Crippen LogP contribution in [-0.4, -0.2) is 23.4 Å². The molecule has 4 heteroatoms. The molecule has 0 aromatic heterocycles. The SMILES string of the molecule is O=C=CC(=O)CCCc1ccc(CCCC(=O)C=C=O)cc1. The average Bonchev–Trinajstić information content (AvgIpc) is 2.49. The highest BCUT2D eigenvalue weighted by Crippen LogP contribution is 2.11. The molecule has 0 N–H and O–H groups in total. The van der Waals surface area contributed by atoms with Crippen LogP contribution in [0, 0.1) is 0 Å². The summed E-state index contributed by atoms with van der Waals surface area (Å²) in [4.78, 5) is 42.3. The highest BCUT2D eigenvalue weighted by Gasteiger charge is 2.01. The molecule has 0 spiro atoms. The minimum absolute atomic E-state index is 0.194. The van der Waals surface area contributed by atoms with E-state index < -0.39 is 0 Å². The molecule has 0 heterocycles. The van der Waals surface area contributed by atoms with Crippen LogP contribution in [-0.2, 0) is 32.0 Å². The number of ketones is 2. The number of hydrogen-bond acceptors (Lipinski definition) is 4. The molecule has 1 aromatic carbocycles. The van der Waals surface area contributed by atoms with Gasteiger partial charge in [0.15, 0.2) is 11.6 Å². The molecule has 4 nitrogen and oxygen atoms in total. The van der Waals surface area contributed by atoms with E-state index in [4.69, 9.17) is 0 Å². The largest absolute Gasteiger partial charge is 0.294 e. The fraction of sp³-hybridized carbons (Fsp3) is 0.333. The van der Waals surface area contributed by atoms with E-state index in [0.717, 1.165) is 36.1 Å². The lowest BCUT2D eigenvalue weighted by molar-refractivity contribution is -0.115. The molecule has 114 valence electrons. The highest BCUT2D eigenvalue weighted by atomic mass is 16.1. The van der Waals surface area contributed by atoms with E-state index in [1.165, 1.54) is 11.9 Å². The zero-order valence-electron chi connectivity index (χ0n) is 12.3. The summed E-state index contributed by atoms with van der Waals surface area (Å²) in [5.74, 6) is 2.59. The third kappa shape index (κ3) is 7.30. The van der Waals surface area contributed by atoms with Crippen LogP contribution in [0.15, 0.2) is 36.4 Å². The first-order chi connectivity index (χ1) is 10.7. The van der Waals surface area contributed by atoms with Gasteiger partial charge in [-0.1, -0.05) is 24.3 Å². The Morgan fingerprint density at radius 2 is 1.14 bits per heavy atom. The van der Waals surface area contributed by atoms with Gasteiger partial charge < -0.3 is 0 Å². The van der Waals surface area contributed by atoms with Crippen LogP contribution in [0.3, 0.4) is 0 Å². The van der Waals surface area contributed by atoms with Crippen molar-refractivity contribution < 1.29 is 19.2 Å². The predicted octanol–water partition coefficient (Wildman–Crippen LogP) is 2.25. The summed E-state index contributed by atoms with van der Waals surface area (Å²) in [6.45, 7) is 0. The Morgan fingerprint density at radius 1 is 0.773 bits per heavy atom. The molecular weight excluding hydrogens is 280 g/mol. The second kappa shape index (κ2) is 10.2. The zero-order chi connectivity index (χ0) is 16.2. The molecule has 0 saturated carbocycles. The van der Waals surface area contributed by atoms with Crippen molar-refractivity contribution in [3.05, 3.63) is 47.5 Å². The van der Waals surface area contributed by atoms with Crippen molar-refractivity contribution in [2.45, 2.75) is 38.5 Å². The quantitative estimate of drug-likeness (QED) is 0.491. The van der Waals surface area contributed by atoms with Crippen LogP contribution >= 0.6 is 0 Å². The summed E-state index contributed by atoms with van der Waals surface area (Å²) in [6, 6.07) is 8.01. The van der Waals surface area contributed by atoms with Gasteiger partial charge in [-0.2, -0.15) is 0 Å². The lowest BCUT2D eigenvalue weighted by Crippen LogP contribution is -1.96. The van der Waals surface area contributed by atoms with E-state index >= 15 is 0 Å². The van der Waals surface area contributed by atoms with Crippen LogP contribution in [0.25, 0.3) is 0 Å². The van der Waals surface area contributed by atoms with E-state index in [-0.39, 0.29) is 11.6 Å². The molecule has 1 aromatic rings. The van der Waals surface area contributed by atoms with Crippen molar-refractivity contribution in [2.75, 3.05) is 0 Å². The molecule has 1 rings (SSSR count). The first kappa shape index (κ1) is 17.5. The van der Waals surface area contributed by atoms with Crippen LogP contribution in [0.5, 0.6) is 0 Å². The van der Waals surface area contributed by atoms with Gasteiger partial charge in [0.1, 0.15) is 11.9 Å². The molecule has 0 atom stereocenters. The van der Waals surface area contributed by atoms with Crippen molar-refractivity contribution in [3.63, 3.8) is 0 Å². The fourth-order valence-electron chi connectivity index (χ4n) is 2.08. The maximum absolute atomic E-state index is 11.1. The summed E-state index contributed by atoms with van der Waals surface area (Å²) in [5.41, 5.74) is 2.26. The molecule has 0 saturated heterocycles. The zero-order valence-corrected chi connectivity index (χ0v) is 12.3.